The molecule has 0 spiro atoms. The average molecular weight is 488 g/mol. The van der Waals surface area contributed by atoms with Crippen LogP contribution in [0.4, 0.5) is 11.4 Å². The van der Waals surface area contributed by atoms with Gasteiger partial charge in [0.25, 0.3) is 0 Å². The molecule has 1 heterocycles. The lowest BCUT2D eigenvalue weighted by Crippen LogP contribution is -2.30. The van der Waals surface area contributed by atoms with E-state index in [1.54, 1.807) is 6.07 Å². The van der Waals surface area contributed by atoms with Gasteiger partial charge in [-0.1, -0.05) is 54.6 Å². The third kappa shape index (κ3) is 4.73. The van der Waals surface area contributed by atoms with Crippen LogP contribution in [0.5, 0.6) is 0 Å². The lowest BCUT2D eigenvalue weighted by molar-refractivity contribution is 0.425. The molecule has 2 N–H and O–H groups in total. The van der Waals surface area contributed by atoms with Crippen LogP contribution in [0, 0.1) is 5.92 Å². The summed E-state index contributed by atoms with van der Waals surface area (Å²) in [7, 11) is -3.61. The van der Waals surface area contributed by atoms with E-state index in [2.05, 4.69) is 65.2 Å². The van der Waals surface area contributed by atoms with Crippen LogP contribution < -0.4 is 14.9 Å². The van der Waals surface area contributed by atoms with Crippen molar-refractivity contribution in [3.63, 3.8) is 0 Å². The summed E-state index contributed by atoms with van der Waals surface area (Å²) >= 11 is 0. The molecular weight excluding hydrogens is 454 g/mol. The Kier molecular flexibility index (Phi) is 6.67. The molecule has 0 bridgehead atoms. The Balaban J connectivity index is 1.39. The van der Waals surface area contributed by atoms with Gasteiger partial charge in [-0.2, -0.15) is 0 Å². The first-order valence-corrected chi connectivity index (χ1v) is 13.9. The van der Waals surface area contributed by atoms with Gasteiger partial charge in [0.2, 0.25) is 10.0 Å². The van der Waals surface area contributed by atoms with Crippen molar-refractivity contribution in [1.82, 2.24) is 4.72 Å². The monoisotopic (exact) mass is 487 g/mol. The SMILES string of the molecule is CCN(CC)c1ccc(C2Nc3ccc(S(=O)(=O)NCc4ccccc4)cc3C3C=CCC32)cc1. The molecule has 35 heavy (non-hydrogen) atoms. The Labute approximate surface area is 208 Å². The van der Waals surface area contributed by atoms with E-state index in [1.165, 1.54) is 11.3 Å². The predicted molar refractivity (Wildman–Crippen MR) is 143 cm³/mol. The van der Waals surface area contributed by atoms with Gasteiger partial charge in [-0.05, 0) is 73.2 Å². The summed E-state index contributed by atoms with van der Waals surface area (Å²) in [6, 6.07) is 24.1. The maximum Gasteiger partial charge on any atom is 0.240 e. The first-order valence-electron chi connectivity index (χ1n) is 12.5. The molecule has 182 valence electrons. The molecule has 5 nitrogen and oxygen atoms in total. The number of nitrogens with one attached hydrogen (secondary N) is 2. The molecule has 0 radical (unpaired) electrons. The third-order valence-electron chi connectivity index (χ3n) is 7.33. The van der Waals surface area contributed by atoms with Crippen LogP contribution in [-0.2, 0) is 16.6 Å². The van der Waals surface area contributed by atoms with E-state index in [-0.39, 0.29) is 18.5 Å². The number of fused-ring (bicyclic) bond motifs is 3. The van der Waals surface area contributed by atoms with Crippen LogP contribution in [-0.4, -0.2) is 21.5 Å². The van der Waals surface area contributed by atoms with E-state index in [0.29, 0.717) is 10.8 Å². The number of rotatable bonds is 8. The van der Waals surface area contributed by atoms with E-state index >= 15 is 0 Å². The highest BCUT2D eigenvalue weighted by Gasteiger charge is 2.38. The minimum atomic E-state index is -3.61. The van der Waals surface area contributed by atoms with E-state index < -0.39 is 10.0 Å². The fourth-order valence-corrected chi connectivity index (χ4v) is 6.46. The Hall–Kier alpha value is -3.09. The summed E-state index contributed by atoms with van der Waals surface area (Å²) < 4.78 is 28.9. The quantitative estimate of drug-likeness (QED) is 0.392. The summed E-state index contributed by atoms with van der Waals surface area (Å²) in [4.78, 5) is 2.66. The van der Waals surface area contributed by atoms with Gasteiger partial charge in [0.15, 0.2) is 0 Å². The van der Waals surface area contributed by atoms with Crippen LogP contribution in [0.2, 0.25) is 0 Å². The van der Waals surface area contributed by atoms with Crippen molar-refractivity contribution in [2.24, 2.45) is 5.92 Å². The number of nitrogens with zero attached hydrogens (tertiary/aromatic N) is 1. The second kappa shape index (κ2) is 9.88. The van der Waals surface area contributed by atoms with Crippen LogP contribution in [0.15, 0.2) is 89.8 Å². The lowest BCUT2D eigenvalue weighted by atomic mass is 9.77. The van der Waals surface area contributed by atoms with Gasteiger partial charge in [-0.15, -0.1) is 0 Å². The van der Waals surface area contributed by atoms with Crippen LogP contribution in [0.3, 0.4) is 0 Å². The van der Waals surface area contributed by atoms with E-state index in [1.807, 2.05) is 42.5 Å². The average Bonchev–Trinajstić information content (AvgIpc) is 3.39. The molecule has 3 aromatic carbocycles. The van der Waals surface area contributed by atoms with E-state index in [9.17, 15) is 8.42 Å². The highest BCUT2D eigenvalue weighted by atomic mass is 32.2. The Morgan fingerprint density at radius 3 is 2.43 bits per heavy atom. The molecule has 0 aromatic heterocycles. The van der Waals surface area contributed by atoms with Crippen molar-refractivity contribution in [1.29, 1.82) is 0 Å². The summed E-state index contributed by atoms with van der Waals surface area (Å²) in [5.41, 5.74) is 5.52. The minimum absolute atomic E-state index is 0.187. The molecule has 0 amide bonds. The first-order chi connectivity index (χ1) is 17.0. The molecular formula is C29H33N3O2S. The van der Waals surface area contributed by atoms with Crippen molar-refractivity contribution >= 4 is 21.4 Å². The Bertz CT molecular complexity index is 1300. The van der Waals surface area contributed by atoms with Crippen LogP contribution in [0.25, 0.3) is 0 Å². The van der Waals surface area contributed by atoms with Crippen molar-refractivity contribution < 1.29 is 8.42 Å². The summed E-state index contributed by atoms with van der Waals surface area (Å²) in [6.07, 6.45) is 5.45. The zero-order valence-electron chi connectivity index (χ0n) is 20.3. The zero-order chi connectivity index (χ0) is 24.4. The number of anilines is 2. The number of benzene rings is 3. The molecule has 0 saturated heterocycles. The number of sulfonamides is 1. The molecule has 3 atom stereocenters. The second-order valence-electron chi connectivity index (χ2n) is 9.30. The fourth-order valence-electron chi connectivity index (χ4n) is 5.41. The molecule has 6 heteroatoms. The van der Waals surface area contributed by atoms with Crippen molar-refractivity contribution in [2.45, 2.75) is 43.7 Å². The molecule has 0 fully saturated rings. The summed E-state index contributed by atoms with van der Waals surface area (Å²) in [5.74, 6) is 0.556. The molecule has 0 saturated carbocycles. The predicted octanol–water partition coefficient (Wildman–Crippen LogP) is 5.84. The van der Waals surface area contributed by atoms with Gasteiger partial charge >= 0.3 is 0 Å². The molecule has 1 aliphatic carbocycles. The Morgan fingerprint density at radius 1 is 0.971 bits per heavy atom. The van der Waals surface area contributed by atoms with Crippen molar-refractivity contribution in [2.75, 3.05) is 23.3 Å². The summed E-state index contributed by atoms with van der Waals surface area (Å²) in [5, 5.41) is 3.73. The minimum Gasteiger partial charge on any atom is -0.378 e. The van der Waals surface area contributed by atoms with Crippen LogP contribution >= 0.6 is 0 Å². The molecule has 3 unspecified atom stereocenters. The fraction of sp³-hybridized carbons (Fsp3) is 0.310. The van der Waals surface area contributed by atoms with Gasteiger partial charge in [-0.3, -0.25) is 0 Å². The summed E-state index contributed by atoms with van der Waals surface area (Å²) in [6.45, 7) is 6.61. The molecule has 5 rings (SSSR count). The van der Waals surface area contributed by atoms with Crippen molar-refractivity contribution in [3.8, 4) is 0 Å². The van der Waals surface area contributed by atoms with Gasteiger partial charge in [0.05, 0.1) is 10.9 Å². The normalized spacial score (nSPS) is 20.7. The number of hydrogen-bond acceptors (Lipinski definition) is 4. The van der Waals surface area contributed by atoms with E-state index in [4.69, 9.17) is 0 Å². The highest BCUT2D eigenvalue weighted by molar-refractivity contribution is 7.89. The van der Waals surface area contributed by atoms with Gasteiger partial charge in [0, 0.05) is 36.9 Å². The van der Waals surface area contributed by atoms with Gasteiger partial charge in [0.1, 0.15) is 0 Å². The molecule has 2 aliphatic rings. The number of allylic oxidation sites excluding steroid dienone is 2. The molecule has 1 aliphatic heterocycles. The van der Waals surface area contributed by atoms with E-state index in [0.717, 1.165) is 36.3 Å². The van der Waals surface area contributed by atoms with Gasteiger partial charge in [-0.25, -0.2) is 13.1 Å². The topological polar surface area (TPSA) is 61.4 Å². The number of hydrogen-bond donors (Lipinski definition) is 2. The van der Waals surface area contributed by atoms with Gasteiger partial charge < -0.3 is 10.2 Å². The lowest BCUT2D eigenvalue weighted by Gasteiger charge is -2.38. The maximum atomic E-state index is 13.1. The second-order valence-corrected chi connectivity index (χ2v) is 11.1. The maximum absolute atomic E-state index is 13.1. The molecule has 3 aromatic rings. The zero-order valence-corrected chi connectivity index (χ0v) is 21.1. The smallest absolute Gasteiger partial charge is 0.240 e. The highest BCUT2D eigenvalue weighted by Crippen LogP contribution is 2.50. The Morgan fingerprint density at radius 2 is 1.71 bits per heavy atom. The van der Waals surface area contributed by atoms with Crippen LogP contribution in [0.1, 0.15) is 48.9 Å². The van der Waals surface area contributed by atoms with Crippen molar-refractivity contribution in [3.05, 3.63) is 102 Å². The largest absolute Gasteiger partial charge is 0.378 e. The first kappa shape index (κ1) is 23.6. The standard InChI is InChI=1S/C29H33N3O2S/c1-3-32(4-2)23-15-13-22(14-16-23)29-26-12-8-11-25(26)27-19-24(17-18-28(27)31-29)35(33,34)30-20-21-9-6-5-7-10-21/h5-11,13-19,25-26,29-31H,3-4,12,20H2,1-2H3. The third-order valence-corrected chi connectivity index (χ3v) is 8.73.